The molecule has 1 rings (SSSR count). The molecule has 5 nitrogen and oxygen atoms in total. The minimum absolute atomic E-state index is 0.0274. The zero-order chi connectivity index (χ0) is 13.5. The molecule has 1 amide bonds. The van der Waals surface area contributed by atoms with E-state index in [9.17, 15) is 4.79 Å². The lowest BCUT2D eigenvalue weighted by atomic mass is 10.2. The van der Waals surface area contributed by atoms with Crippen LogP contribution >= 0.6 is 12.2 Å². The van der Waals surface area contributed by atoms with Gasteiger partial charge in [0.15, 0.2) is 0 Å². The molecule has 0 aliphatic rings. The van der Waals surface area contributed by atoms with Gasteiger partial charge < -0.3 is 16.0 Å². The van der Waals surface area contributed by atoms with Crippen LogP contribution in [0.15, 0.2) is 18.3 Å². The number of amides is 1. The van der Waals surface area contributed by atoms with Gasteiger partial charge in [-0.05, 0) is 26.0 Å². The van der Waals surface area contributed by atoms with Crippen LogP contribution in [-0.2, 0) is 4.79 Å². The summed E-state index contributed by atoms with van der Waals surface area (Å²) in [4.78, 5) is 18.0. The molecule has 0 bridgehead atoms. The first-order valence-corrected chi connectivity index (χ1v) is 6.27. The molecule has 0 saturated carbocycles. The Morgan fingerprint density at radius 3 is 2.72 bits per heavy atom. The summed E-state index contributed by atoms with van der Waals surface area (Å²) in [5.74, 6) is 0.574. The summed E-state index contributed by atoms with van der Waals surface area (Å²) in [5.41, 5.74) is 6.24. The lowest BCUT2D eigenvalue weighted by Crippen LogP contribution is -2.35. The van der Waals surface area contributed by atoms with Crippen LogP contribution in [-0.4, -0.2) is 40.4 Å². The summed E-state index contributed by atoms with van der Waals surface area (Å²) in [6.45, 7) is 5.47. The maximum atomic E-state index is 11.8. The van der Waals surface area contributed by atoms with Gasteiger partial charge in [0.1, 0.15) is 10.8 Å². The maximum absolute atomic E-state index is 11.8. The Kier molecular flexibility index (Phi) is 5.51. The number of likely N-dealkylation sites (N-methyl/N-ethyl adjacent to an activating group) is 1. The van der Waals surface area contributed by atoms with Gasteiger partial charge in [0.2, 0.25) is 5.91 Å². The first-order valence-electron chi connectivity index (χ1n) is 5.86. The predicted molar refractivity (Wildman–Crippen MR) is 76.5 cm³/mol. The Balaban J connectivity index is 2.69. The topological polar surface area (TPSA) is 71.2 Å². The van der Waals surface area contributed by atoms with E-state index in [1.165, 1.54) is 0 Å². The fourth-order valence-corrected chi connectivity index (χ4v) is 1.76. The molecule has 0 radical (unpaired) electrons. The van der Waals surface area contributed by atoms with Gasteiger partial charge in [0.25, 0.3) is 0 Å². The third kappa shape index (κ3) is 3.66. The zero-order valence-electron chi connectivity index (χ0n) is 10.6. The van der Waals surface area contributed by atoms with Crippen molar-refractivity contribution in [2.24, 2.45) is 5.73 Å². The molecule has 98 valence electrons. The largest absolute Gasteiger partial charge is 0.389 e. The molecule has 0 atom stereocenters. The zero-order valence-corrected chi connectivity index (χ0v) is 11.5. The molecular formula is C12H18N4OS. The fraction of sp³-hybridized carbons (Fsp3) is 0.417. The van der Waals surface area contributed by atoms with E-state index in [2.05, 4.69) is 10.3 Å². The van der Waals surface area contributed by atoms with Crippen LogP contribution in [0.3, 0.4) is 0 Å². The molecule has 0 fully saturated rings. The highest BCUT2D eigenvalue weighted by Gasteiger charge is 2.11. The van der Waals surface area contributed by atoms with Gasteiger partial charge in [-0.2, -0.15) is 0 Å². The smallest absolute Gasteiger partial charge is 0.241 e. The van der Waals surface area contributed by atoms with Gasteiger partial charge in [0, 0.05) is 19.3 Å². The van der Waals surface area contributed by atoms with Crippen LogP contribution < -0.4 is 11.1 Å². The van der Waals surface area contributed by atoms with Gasteiger partial charge in [0.05, 0.1) is 12.1 Å². The monoisotopic (exact) mass is 266 g/mol. The van der Waals surface area contributed by atoms with Crippen LogP contribution in [0.1, 0.15) is 19.4 Å². The van der Waals surface area contributed by atoms with E-state index < -0.39 is 0 Å². The van der Waals surface area contributed by atoms with Crippen molar-refractivity contribution in [2.45, 2.75) is 13.8 Å². The van der Waals surface area contributed by atoms with E-state index in [4.69, 9.17) is 18.0 Å². The van der Waals surface area contributed by atoms with Gasteiger partial charge in [-0.15, -0.1) is 0 Å². The highest BCUT2D eigenvalue weighted by atomic mass is 32.1. The molecular weight excluding hydrogens is 248 g/mol. The van der Waals surface area contributed by atoms with Crippen LogP contribution in [0.4, 0.5) is 5.82 Å². The van der Waals surface area contributed by atoms with E-state index in [0.717, 1.165) is 0 Å². The van der Waals surface area contributed by atoms with Crippen LogP contribution in [0.2, 0.25) is 0 Å². The maximum Gasteiger partial charge on any atom is 0.241 e. The second-order valence-corrected chi connectivity index (χ2v) is 4.12. The Bertz CT molecular complexity index is 432. The van der Waals surface area contributed by atoms with Crippen molar-refractivity contribution in [3.8, 4) is 0 Å². The molecule has 0 spiro atoms. The first-order chi connectivity index (χ1) is 8.60. The van der Waals surface area contributed by atoms with Crippen LogP contribution in [0.5, 0.6) is 0 Å². The molecule has 0 aliphatic carbocycles. The number of thiocarbonyl (C=S) groups is 1. The van der Waals surface area contributed by atoms with Gasteiger partial charge in [-0.25, -0.2) is 4.98 Å². The van der Waals surface area contributed by atoms with E-state index in [1.54, 1.807) is 23.2 Å². The van der Waals surface area contributed by atoms with Crippen molar-refractivity contribution in [2.75, 3.05) is 25.0 Å². The number of pyridine rings is 1. The van der Waals surface area contributed by atoms with Crippen LogP contribution in [0.25, 0.3) is 0 Å². The number of rotatable bonds is 6. The number of aromatic nitrogens is 1. The quantitative estimate of drug-likeness (QED) is 0.752. The number of nitrogens with two attached hydrogens (primary N) is 1. The Labute approximate surface area is 112 Å². The number of hydrogen-bond donors (Lipinski definition) is 2. The number of carbonyl (C=O) groups excluding carboxylic acids is 1. The van der Waals surface area contributed by atoms with E-state index in [1.807, 2.05) is 13.8 Å². The number of nitrogens with one attached hydrogen (secondary N) is 1. The first kappa shape index (κ1) is 14.4. The Morgan fingerprint density at radius 1 is 1.50 bits per heavy atom. The molecule has 0 aromatic carbocycles. The van der Waals surface area contributed by atoms with Crippen LogP contribution in [0, 0.1) is 0 Å². The highest BCUT2D eigenvalue weighted by molar-refractivity contribution is 7.80. The second-order valence-electron chi connectivity index (χ2n) is 3.68. The lowest BCUT2D eigenvalue weighted by Gasteiger charge is -2.19. The number of nitrogens with zero attached hydrogens (tertiary/aromatic N) is 2. The van der Waals surface area contributed by atoms with Gasteiger partial charge in [-0.1, -0.05) is 12.2 Å². The average Bonchev–Trinajstić information content (AvgIpc) is 2.38. The summed E-state index contributed by atoms with van der Waals surface area (Å²) in [7, 11) is 0. The van der Waals surface area contributed by atoms with Gasteiger partial charge >= 0.3 is 0 Å². The summed E-state index contributed by atoms with van der Waals surface area (Å²) in [6.07, 6.45) is 1.63. The molecule has 3 N–H and O–H groups in total. The van der Waals surface area contributed by atoms with Crippen molar-refractivity contribution < 1.29 is 4.79 Å². The third-order valence-electron chi connectivity index (χ3n) is 2.60. The SMILES string of the molecule is CCN(CC)C(=O)CNc1ncccc1C(N)=S. The Morgan fingerprint density at radius 2 is 2.17 bits per heavy atom. The summed E-state index contributed by atoms with van der Waals surface area (Å²) in [6, 6.07) is 3.53. The summed E-state index contributed by atoms with van der Waals surface area (Å²) >= 11 is 4.93. The molecule has 6 heteroatoms. The van der Waals surface area contributed by atoms with Crippen molar-refractivity contribution in [1.82, 2.24) is 9.88 Å². The molecule has 1 heterocycles. The van der Waals surface area contributed by atoms with Crippen molar-refractivity contribution >= 4 is 28.9 Å². The molecule has 18 heavy (non-hydrogen) atoms. The van der Waals surface area contributed by atoms with Crippen molar-refractivity contribution in [1.29, 1.82) is 0 Å². The standard InChI is InChI=1S/C12H18N4OS/c1-3-16(4-2)10(17)8-15-12-9(11(13)18)6-5-7-14-12/h5-7H,3-4,8H2,1-2H3,(H2,13,18)(H,14,15). The minimum Gasteiger partial charge on any atom is -0.389 e. The molecule has 0 saturated heterocycles. The van der Waals surface area contributed by atoms with Gasteiger partial charge in [-0.3, -0.25) is 4.79 Å². The van der Waals surface area contributed by atoms with E-state index >= 15 is 0 Å². The normalized spacial score (nSPS) is 9.89. The molecule has 0 aliphatic heterocycles. The highest BCUT2D eigenvalue weighted by Crippen LogP contribution is 2.10. The van der Waals surface area contributed by atoms with Crippen molar-refractivity contribution in [3.05, 3.63) is 23.9 Å². The minimum atomic E-state index is 0.0274. The summed E-state index contributed by atoms with van der Waals surface area (Å²) in [5, 5.41) is 2.97. The third-order valence-corrected chi connectivity index (χ3v) is 2.82. The number of anilines is 1. The average molecular weight is 266 g/mol. The second kappa shape index (κ2) is 6.90. The predicted octanol–water partition coefficient (Wildman–Crippen LogP) is 0.996. The van der Waals surface area contributed by atoms with Crippen molar-refractivity contribution in [3.63, 3.8) is 0 Å². The van der Waals surface area contributed by atoms with E-state index in [0.29, 0.717) is 24.5 Å². The number of carbonyl (C=O) groups is 1. The molecule has 0 unspecified atom stereocenters. The lowest BCUT2D eigenvalue weighted by molar-refractivity contribution is -0.128. The fourth-order valence-electron chi connectivity index (χ4n) is 1.59. The molecule has 1 aromatic rings. The number of hydrogen-bond acceptors (Lipinski definition) is 4. The summed E-state index contributed by atoms with van der Waals surface area (Å²) < 4.78 is 0. The molecule has 1 aromatic heterocycles. The van der Waals surface area contributed by atoms with E-state index in [-0.39, 0.29) is 17.4 Å². The Hall–Kier alpha value is -1.69.